The predicted octanol–water partition coefficient (Wildman–Crippen LogP) is 4.11. The highest BCUT2D eigenvalue weighted by Crippen LogP contribution is 2.29. The van der Waals surface area contributed by atoms with Gasteiger partial charge in [-0.1, -0.05) is 6.07 Å². The zero-order valence-corrected chi connectivity index (χ0v) is 14.6. The molecule has 0 aliphatic heterocycles. The molecule has 0 saturated carbocycles. The molecular weight excluding hydrogens is 381 g/mol. The molecule has 0 aliphatic carbocycles. The molecule has 1 N–H and O–H groups in total. The summed E-state index contributed by atoms with van der Waals surface area (Å²) in [6.07, 6.45) is -0.677. The molecule has 0 spiro atoms. The molecule has 0 aliphatic rings. The number of rotatable bonds is 6. The van der Waals surface area contributed by atoms with Crippen LogP contribution in [0.25, 0.3) is 10.2 Å². The van der Waals surface area contributed by atoms with E-state index in [2.05, 4.69) is 4.98 Å². The molecule has 27 heavy (non-hydrogen) atoms. The molecule has 0 atom stereocenters. The Morgan fingerprint density at radius 3 is 2.59 bits per heavy atom. The van der Waals surface area contributed by atoms with Gasteiger partial charge in [-0.25, -0.2) is 18.2 Å². The van der Waals surface area contributed by atoms with Crippen molar-refractivity contribution in [3.8, 4) is 0 Å². The highest BCUT2D eigenvalue weighted by molar-refractivity contribution is 7.18. The lowest BCUT2D eigenvalue weighted by atomic mass is 10.2. The summed E-state index contributed by atoms with van der Waals surface area (Å²) in [7, 11) is 0. The minimum absolute atomic E-state index is 0.0159. The van der Waals surface area contributed by atoms with Crippen LogP contribution in [0.5, 0.6) is 0 Å². The number of amides is 1. The van der Waals surface area contributed by atoms with Crippen molar-refractivity contribution in [2.45, 2.75) is 19.4 Å². The molecular formula is C18H13F3N2O3S. The van der Waals surface area contributed by atoms with Crippen LogP contribution < -0.4 is 4.90 Å². The van der Waals surface area contributed by atoms with Gasteiger partial charge in [0.2, 0.25) is 5.91 Å². The Labute approximate surface area is 155 Å². The van der Waals surface area contributed by atoms with Crippen LogP contribution in [0, 0.1) is 17.5 Å². The van der Waals surface area contributed by atoms with Crippen molar-refractivity contribution in [2.75, 3.05) is 4.90 Å². The van der Waals surface area contributed by atoms with Crippen LogP contribution in [-0.4, -0.2) is 22.0 Å². The third-order valence-corrected chi connectivity index (χ3v) is 4.81. The molecule has 1 amide bonds. The van der Waals surface area contributed by atoms with Gasteiger partial charge in [-0.2, -0.15) is 0 Å². The Bertz CT molecular complexity index is 1020. The molecule has 3 aromatic rings. The summed E-state index contributed by atoms with van der Waals surface area (Å²) >= 11 is 0.877. The number of carbonyl (C=O) groups is 2. The minimum atomic E-state index is -1.14. The topological polar surface area (TPSA) is 70.5 Å². The van der Waals surface area contributed by atoms with Gasteiger partial charge < -0.3 is 10.0 Å². The van der Waals surface area contributed by atoms with E-state index in [1.807, 2.05) is 0 Å². The predicted molar refractivity (Wildman–Crippen MR) is 94.0 cm³/mol. The van der Waals surface area contributed by atoms with E-state index >= 15 is 0 Å². The van der Waals surface area contributed by atoms with Gasteiger partial charge in [0.1, 0.15) is 10.8 Å². The van der Waals surface area contributed by atoms with Crippen LogP contribution in [-0.2, 0) is 16.1 Å². The van der Waals surface area contributed by atoms with E-state index in [1.165, 1.54) is 29.2 Å². The average molecular weight is 394 g/mol. The molecule has 2 aromatic carbocycles. The maximum Gasteiger partial charge on any atom is 0.303 e. The maximum absolute atomic E-state index is 13.9. The number of aliphatic carboxylic acids is 1. The number of fused-ring (bicyclic) bond motifs is 1. The van der Waals surface area contributed by atoms with Crippen LogP contribution >= 0.6 is 11.3 Å². The summed E-state index contributed by atoms with van der Waals surface area (Å²) in [5.74, 6) is -4.28. The zero-order chi connectivity index (χ0) is 19.6. The van der Waals surface area contributed by atoms with Crippen LogP contribution in [0.1, 0.15) is 17.8 Å². The van der Waals surface area contributed by atoms with Gasteiger partial charge in [0.15, 0.2) is 11.6 Å². The van der Waals surface area contributed by atoms with Gasteiger partial charge in [0, 0.05) is 12.1 Å². The third kappa shape index (κ3) is 4.25. The van der Waals surface area contributed by atoms with Gasteiger partial charge in [0.05, 0.1) is 23.2 Å². The van der Waals surface area contributed by atoms with E-state index in [9.17, 15) is 22.8 Å². The number of halogens is 3. The third-order valence-electron chi connectivity index (χ3n) is 3.76. The van der Waals surface area contributed by atoms with Gasteiger partial charge in [-0.3, -0.25) is 9.59 Å². The summed E-state index contributed by atoms with van der Waals surface area (Å²) in [6.45, 7) is -0.123. The molecule has 1 aromatic heterocycles. The molecule has 0 unspecified atom stereocenters. The van der Waals surface area contributed by atoms with Gasteiger partial charge in [-0.15, -0.1) is 11.3 Å². The van der Waals surface area contributed by atoms with Gasteiger partial charge in [-0.05, 0) is 30.3 Å². The second-order valence-electron chi connectivity index (χ2n) is 5.67. The van der Waals surface area contributed by atoms with E-state index in [0.717, 1.165) is 23.5 Å². The Morgan fingerprint density at radius 2 is 1.89 bits per heavy atom. The fourth-order valence-corrected chi connectivity index (χ4v) is 3.48. The Balaban J connectivity index is 1.94. The SMILES string of the molecule is O=C(O)CCC(=O)N(Cc1nc2ccc(F)c(F)c2s1)c1cccc(F)c1. The minimum Gasteiger partial charge on any atom is -0.481 e. The fourth-order valence-electron chi connectivity index (χ4n) is 2.50. The number of carboxylic acid groups (broad SMARTS) is 1. The first-order valence-corrected chi connectivity index (χ1v) is 8.68. The first-order chi connectivity index (χ1) is 12.8. The monoisotopic (exact) mass is 394 g/mol. The quantitative estimate of drug-likeness (QED) is 0.683. The first kappa shape index (κ1) is 18.8. The molecule has 0 bridgehead atoms. The van der Waals surface area contributed by atoms with Crippen molar-refractivity contribution in [2.24, 2.45) is 0 Å². The highest BCUT2D eigenvalue weighted by Gasteiger charge is 2.21. The number of carbonyl (C=O) groups excluding carboxylic acids is 1. The number of anilines is 1. The number of hydrogen-bond acceptors (Lipinski definition) is 4. The van der Waals surface area contributed by atoms with Crippen molar-refractivity contribution in [3.05, 3.63) is 58.9 Å². The first-order valence-electron chi connectivity index (χ1n) is 7.86. The van der Waals surface area contributed by atoms with Crippen LogP contribution in [0.3, 0.4) is 0 Å². The van der Waals surface area contributed by atoms with E-state index in [1.54, 1.807) is 0 Å². The molecule has 1 heterocycles. The maximum atomic E-state index is 13.9. The fraction of sp³-hybridized carbons (Fsp3) is 0.167. The van der Waals surface area contributed by atoms with E-state index < -0.39 is 29.3 Å². The summed E-state index contributed by atoms with van der Waals surface area (Å²) in [5, 5.41) is 9.09. The molecule has 0 saturated heterocycles. The van der Waals surface area contributed by atoms with Gasteiger partial charge >= 0.3 is 5.97 Å². The number of carboxylic acids is 1. The lowest BCUT2D eigenvalue weighted by Crippen LogP contribution is -2.30. The average Bonchev–Trinajstić information content (AvgIpc) is 3.04. The summed E-state index contributed by atoms with van der Waals surface area (Å²) < 4.78 is 40.9. The van der Waals surface area contributed by atoms with Crippen molar-refractivity contribution in [1.82, 2.24) is 4.98 Å². The van der Waals surface area contributed by atoms with E-state index in [4.69, 9.17) is 5.11 Å². The lowest BCUT2D eigenvalue weighted by Gasteiger charge is -2.21. The van der Waals surface area contributed by atoms with Crippen LogP contribution in [0.2, 0.25) is 0 Å². The Kier molecular flexibility index (Phi) is 5.41. The van der Waals surface area contributed by atoms with Crippen molar-refractivity contribution in [3.63, 3.8) is 0 Å². The number of nitrogens with zero attached hydrogens (tertiary/aromatic N) is 2. The van der Waals surface area contributed by atoms with Crippen molar-refractivity contribution >= 4 is 39.1 Å². The number of benzene rings is 2. The Hall–Kier alpha value is -2.94. The van der Waals surface area contributed by atoms with Crippen molar-refractivity contribution < 1.29 is 27.9 Å². The largest absolute Gasteiger partial charge is 0.481 e. The molecule has 5 nitrogen and oxygen atoms in total. The molecule has 3 rings (SSSR count). The number of aromatic nitrogens is 1. The smallest absolute Gasteiger partial charge is 0.303 e. The lowest BCUT2D eigenvalue weighted by molar-refractivity contribution is -0.138. The highest BCUT2D eigenvalue weighted by atomic mass is 32.1. The zero-order valence-electron chi connectivity index (χ0n) is 13.8. The molecule has 0 fully saturated rings. The number of hydrogen-bond donors (Lipinski definition) is 1. The van der Waals surface area contributed by atoms with E-state index in [0.29, 0.717) is 5.01 Å². The number of thiazole rings is 1. The standard InChI is InChI=1S/C18H13F3N2O3S/c19-10-2-1-3-11(8-10)23(15(24)6-7-16(25)26)9-14-22-13-5-4-12(20)17(21)18(13)27-14/h1-5,8H,6-7,9H2,(H,25,26). The second-order valence-corrected chi connectivity index (χ2v) is 6.75. The Morgan fingerprint density at radius 1 is 1.11 bits per heavy atom. The van der Waals surface area contributed by atoms with Crippen LogP contribution in [0.15, 0.2) is 36.4 Å². The normalized spacial score (nSPS) is 10.9. The summed E-state index contributed by atoms with van der Waals surface area (Å²) in [4.78, 5) is 28.6. The molecule has 9 heteroatoms. The second kappa shape index (κ2) is 7.75. The van der Waals surface area contributed by atoms with Crippen molar-refractivity contribution in [1.29, 1.82) is 0 Å². The molecule has 140 valence electrons. The van der Waals surface area contributed by atoms with Gasteiger partial charge in [0.25, 0.3) is 0 Å². The van der Waals surface area contributed by atoms with E-state index in [-0.39, 0.29) is 35.3 Å². The summed E-state index contributed by atoms with van der Waals surface area (Å²) in [6, 6.07) is 7.53. The molecule has 0 radical (unpaired) electrons. The summed E-state index contributed by atoms with van der Waals surface area (Å²) in [5.41, 5.74) is 0.461. The van der Waals surface area contributed by atoms with Crippen LogP contribution in [0.4, 0.5) is 18.9 Å².